The Morgan fingerprint density at radius 1 is 1.14 bits per heavy atom. The van der Waals surface area contributed by atoms with Gasteiger partial charge < -0.3 is 4.84 Å². The van der Waals surface area contributed by atoms with Gasteiger partial charge in [-0.1, -0.05) is 17.2 Å². The smallest absolute Gasteiger partial charge is 0.322 e. The molecule has 0 saturated carbocycles. The van der Waals surface area contributed by atoms with Gasteiger partial charge in [-0.15, -0.1) is 0 Å². The van der Waals surface area contributed by atoms with Crippen molar-refractivity contribution < 1.29 is 19.2 Å². The first kappa shape index (κ1) is 13.7. The van der Waals surface area contributed by atoms with E-state index in [0.29, 0.717) is 5.06 Å². The molecule has 0 fully saturated rings. The number of aryl methyl sites for hydroxylation is 1. The van der Waals surface area contributed by atoms with E-state index in [0.717, 1.165) is 0 Å². The molecular weight excluding hydrogens is 290 g/mol. The summed E-state index contributed by atoms with van der Waals surface area (Å²) in [6.45, 7) is 1.49. The van der Waals surface area contributed by atoms with Crippen LogP contribution in [0.2, 0.25) is 0 Å². The van der Waals surface area contributed by atoms with E-state index < -0.39 is 23.3 Å². The monoisotopic (exact) mass is 299 g/mol. The van der Waals surface area contributed by atoms with Crippen molar-refractivity contribution in [2.45, 2.75) is 6.92 Å². The number of aromatic nitrogens is 2. The van der Waals surface area contributed by atoms with E-state index in [2.05, 4.69) is 10.2 Å². The van der Waals surface area contributed by atoms with Gasteiger partial charge in [0.1, 0.15) is 0 Å². The molecule has 0 spiro atoms. The molecule has 2 amide bonds. The average molecular weight is 299 g/mol. The predicted molar refractivity (Wildman–Crippen MR) is 72.0 cm³/mol. The molecule has 2 heterocycles. The van der Waals surface area contributed by atoms with Gasteiger partial charge in [-0.05, 0) is 25.1 Å². The summed E-state index contributed by atoms with van der Waals surface area (Å²) in [4.78, 5) is 52.1. The number of hydroxylamine groups is 2. The molecule has 0 bridgehead atoms. The van der Waals surface area contributed by atoms with Crippen LogP contribution < -0.4 is 5.56 Å². The van der Waals surface area contributed by atoms with Crippen molar-refractivity contribution in [1.29, 1.82) is 0 Å². The second-order valence-corrected chi connectivity index (χ2v) is 4.59. The van der Waals surface area contributed by atoms with Crippen molar-refractivity contribution >= 4 is 17.8 Å². The molecule has 0 saturated heterocycles. The quantitative estimate of drug-likeness (QED) is 0.806. The van der Waals surface area contributed by atoms with Crippen LogP contribution in [-0.2, 0) is 4.84 Å². The molecule has 1 aromatic carbocycles. The summed E-state index contributed by atoms with van der Waals surface area (Å²) in [5.41, 5.74) is -0.0907. The number of nitrogens with zero attached hydrogens (tertiary/aromatic N) is 2. The minimum Gasteiger partial charge on any atom is -0.322 e. The molecule has 3 rings (SSSR count). The number of fused-ring (bicyclic) bond motifs is 1. The lowest BCUT2D eigenvalue weighted by molar-refractivity contribution is -0.0589. The molecule has 0 aliphatic carbocycles. The SMILES string of the molecule is Cc1cc(C(=O)ON2C(=O)c3ccccc3C2=O)n[nH]c1=O. The summed E-state index contributed by atoms with van der Waals surface area (Å²) in [6, 6.07) is 7.33. The second-order valence-electron chi connectivity index (χ2n) is 4.59. The van der Waals surface area contributed by atoms with E-state index in [-0.39, 0.29) is 22.4 Å². The fraction of sp³-hybridized carbons (Fsp3) is 0.0714. The lowest BCUT2D eigenvalue weighted by Gasteiger charge is -2.12. The lowest BCUT2D eigenvalue weighted by Crippen LogP contribution is -2.33. The van der Waals surface area contributed by atoms with Gasteiger partial charge in [-0.2, -0.15) is 5.10 Å². The minimum atomic E-state index is -1.02. The predicted octanol–water partition coefficient (Wildman–Crippen LogP) is 0.446. The molecule has 0 atom stereocenters. The van der Waals surface area contributed by atoms with E-state index in [9.17, 15) is 19.2 Å². The summed E-state index contributed by atoms with van der Waals surface area (Å²) in [5.74, 6) is -2.47. The molecule has 22 heavy (non-hydrogen) atoms. The zero-order valence-electron chi connectivity index (χ0n) is 11.3. The molecular formula is C14H9N3O5. The van der Waals surface area contributed by atoms with E-state index in [1.807, 2.05) is 0 Å². The van der Waals surface area contributed by atoms with Gasteiger partial charge in [0.2, 0.25) is 0 Å². The number of hydrogen-bond acceptors (Lipinski definition) is 6. The number of aromatic amines is 1. The third-order valence-electron chi connectivity index (χ3n) is 3.13. The van der Waals surface area contributed by atoms with Crippen molar-refractivity contribution in [3.63, 3.8) is 0 Å². The number of rotatable bonds is 2. The van der Waals surface area contributed by atoms with Crippen molar-refractivity contribution in [2.75, 3.05) is 0 Å². The van der Waals surface area contributed by atoms with Crippen molar-refractivity contribution in [1.82, 2.24) is 15.3 Å². The van der Waals surface area contributed by atoms with Crippen LogP contribution in [0.25, 0.3) is 0 Å². The number of amides is 2. The zero-order valence-corrected chi connectivity index (χ0v) is 11.3. The highest BCUT2D eigenvalue weighted by atomic mass is 16.7. The average Bonchev–Trinajstić information content (AvgIpc) is 2.75. The highest BCUT2D eigenvalue weighted by Crippen LogP contribution is 2.23. The molecule has 1 N–H and O–H groups in total. The first-order valence-electron chi connectivity index (χ1n) is 6.25. The van der Waals surface area contributed by atoms with E-state index in [1.165, 1.54) is 25.1 Å². The molecule has 1 aromatic heterocycles. The maximum Gasteiger partial charge on any atom is 0.383 e. The molecule has 8 heteroatoms. The Balaban J connectivity index is 1.87. The van der Waals surface area contributed by atoms with Crippen LogP contribution in [0.5, 0.6) is 0 Å². The zero-order chi connectivity index (χ0) is 15.9. The number of carbonyl (C=O) groups excluding carboxylic acids is 3. The number of carbonyl (C=O) groups is 3. The van der Waals surface area contributed by atoms with E-state index in [4.69, 9.17) is 4.84 Å². The first-order chi connectivity index (χ1) is 10.5. The normalized spacial score (nSPS) is 13.2. The van der Waals surface area contributed by atoms with E-state index >= 15 is 0 Å². The maximum absolute atomic E-state index is 12.0. The Hall–Kier alpha value is -3.29. The summed E-state index contributed by atoms with van der Waals surface area (Å²) < 4.78 is 0. The molecule has 0 unspecified atom stereocenters. The third kappa shape index (κ3) is 2.06. The van der Waals surface area contributed by atoms with Crippen LogP contribution in [0.3, 0.4) is 0 Å². The summed E-state index contributed by atoms with van der Waals surface area (Å²) in [5, 5.41) is 6.02. The molecule has 2 aromatic rings. The lowest BCUT2D eigenvalue weighted by atomic mass is 10.1. The topological polar surface area (TPSA) is 109 Å². The van der Waals surface area contributed by atoms with Gasteiger partial charge in [-0.3, -0.25) is 14.4 Å². The van der Waals surface area contributed by atoms with Gasteiger partial charge >= 0.3 is 5.97 Å². The third-order valence-corrected chi connectivity index (χ3v) is 3.13. The maximum atomic E-state index is 12.0. The number of nitrogens with one attached hydrogen (secondary N) is 1. The van der Waals surface area contributed by atoms with Crippen molar-refractivity contribution in [3.05, 3.63) is 63.1 Å². The van der Waals surface area contributed by atoms with Crippen LogP contribution in [0.4, 0.5) is 0 Å². The highest BCUT2D eigenvalue weighted by Gasteiger charge is 2.39. The van der Waals surface area contributed by atoms with Crippen molar-refractivity contribution in [3.8, 4) is 0 Å². The Labute approximate surface area is 123 Å². The number of benzene rings is 1. The molecule has 110 valence electrons. The summed E-state index contributed by atoms with van der Waals surface area (Å²) >= 11 is 0. The summed E-state index contributed by atoms with van der Waals surface area (Å²) in [6.07, 6.45) is 0. The Bertz CT molecular complexity index is 836. The van der Waals surface area contributed by atoms with Crippen LogP contribution in [0.15, 0.2) is 35.1 Å². The number of imide groups is 1. The van der Waals surface area contributed by atoms with Crippen LogP contribution in [0, 0.1) is 6.92 Å². The first-order valence-corrected chi connectivity index (χ1v) is 6.25. The van der Waals surface area contributed by atoms with E-state index in [1.54, 1.807) is 12.1 Å². The van der Waals surface area contributed by atoms with Crippen molar-refractivity contribution in [2.24, 2.45) is 0 Å². The number of H-pyrrole nitrogens is 1. The number of hydrogen-bond donors (Lipinski definition) is 1. The Morgan fingerprint density at radius 2 is 1.73 bits per heavy atom. The van der Waals surface area contributed by atoms with Crippen LogP contribution in [0.1, 0.15) is 36.8 Å². The Morgan fingerprint density at radius 3 is 2.27 bits per heavy atom. The largest absolute Gasteiger partial charge is 0.383 e. The molecule has 1 aliphatic rings. The Kier molecular flexibility index (Phi) is 3.06. The van der Waals surface area contributed by atoms with Gasteiger partial charge in [0.25, 0.3) is 17.4 Å². The second kappa shape index (κ2) is 4.92. The molecule has 1 aliphatic heterocycles. The van der Waals surface area contributed by atoms with Crippen LogP contribution >= 0.6 is 0 Å². The standard InChI is InChI=1S/C14H9N3O5/c1-7-6-10(15-16-11(7)18)14(21)22-17-12(19)8-4-2-3-5-9(8)13(17)20/h2-6H,1H3,(H,16,18). The fourth-order valence-corrected chi connectivity index (χ4v) is 1.99. The minimum absolute atomic E-state index is 0.158. The molecule has 0 radical (unpaired) electrons. The van der Waals surface area contributed by atoms with Gasteiger partial charge in [-0.25, -0.2) is 9.89 Å². The summed E-state index contributed by atoms with van der Waals surface area (Å²) in [7, 11) is 0. The van der Waals surface area contributed by atoms with Gasteiger partial charge in [0.05, 0.1) is 11.1 Å². The van der Waals surface area contributed by atoms with Gasteiger partial charge in [0, 0.05) is 5.56 Å². The fourth-order valence-electron chi connectivity index (χ4n) is 1.99. The highest BCUT2D eigenvalue weighted by molar-refractivity contribution is 6.21. The van der Waals surface area contributed by atoms with Gasteiger partial charge in [0.15, 0.2) is 5.69 Å². The van der Waals surface area contributed by atoms with Crippen LogP contribution in [-0.4, -0.2) is 33.0 Å². The molecule has 8 nitrogen and oxygen atoms in total.